The van der Waals surface area contributed by atoms with Gasteiger partial charge in [0.1, 0.15) is 5.75 Å². The van der Waals surface area contributed by atoms with Crippen molar-refractivity contribution in [2.45, 2.75) is 26.9 Å². The number of rotatable bonds is 6. The fraction of sp³-hybridized carbons (Fsp3) is 0.211. The Hall–Kier alpha value is -2.95. The Kier molecular flexibility index (Phi) is 4.70. The Morgan fingerprint density at radius 1 is 1.08 bits per heavy atom. The van der Waals surface area contributed by atoms with Gasteiger partial charge in [-0.1, -0.05) is 36.3 Å². The van der Waals surface area contributed by atoms with Crippen molar-refractivity contribution in [2.75, 3.05) is 0 Å². The lowest BCUT2D eigenvalue weighted by atomic mass is 10.1. The predicted molar refractivity (Wildman–Crippen MR) is 89.9 cm³/mol. The highest BCUT2D eigenvalue weighted by molar-refractivity contribution is 5.94. The van der Waals surface area contributed by atoms with E-state index in [0.717, 1.165) is 12.0 Å². The molecule has 0 aliphatic carbocycles. The maximum Gasteiger partial charge on any atom is 0.264 e. The summed E-state index contributed by atoms with van der Waals surface area (Å²) in [6.07, 6.45) is 0.994. The fourth-order valence-electron chi connectivity index (χ4n) is 2.25. The molecule has 3 rings (SSSR count). The second kappa shape index (κ2) is 7.08. The van der Waals surface area contributed by atoms with Crippen LogP contribution in [0.1, 0.15) is 35.7 Å². The van der Waals surface area contributed by atoms with Gasteiger partial charge < -0.3 is 9.26 Å². The molecule has 0 unspecified atom stereocenters. The minimum atomic E-state index is 0.0252. The van der Waals surface area contributed by atoms with Gasteiger partial charge in [0.25, 0.3) is 5.89 Å². The van der Waals surface area contributed by atoms with Crippen LogP contribution in [0.25, 0.3) is 11.4 Å². The lowest BCUT2D eigenvalue weighted by Crippen LogP contribution is -1.97. The minimum Gasteiger partial charge on any atom is -0.484 e. The molecule has 0 N–H and O–H groups in total. The van der Waals surface area contributed by atoms with E-state index < -0.39 is 0 Å². The van der Waals surface area contributed by atoms with E-state index in [2.05, 4.69) is 29.2 Å². The van der Waals surface area contributed by atoms with Crippen LogP contribution >= 0.6 is 0 Å². The summed E-state index contributed by atoms with van der Waals surface area (Å²) in [6.45, 7) is 3.82. The molecule has 0 aliphatic rings. The van der Waals surface area contributed by atoms with Gasteiger partial charge in [-0.25, -0.2) is 0 Å². The average Bonchev–Trinajstić information content (AvgIpc) is 3.09. The molecule has 24 heavy (non-hydrogen) atoms. The molecule has 0 amide bonds. The molecule has 0 fully saturated rings. The normalized spacial score (nSPS) is 10.6. The lowest BCUT2D eigenvalue weighted by molar-refractivity contribution is 0.101. The average molecular weight is 322 g/mol. The van der Waals surface area contributed by atoms with Crippen molar-refractivity contribution < 1.29 is 14.1 Å². The van der Waals surface area contributed by atoms with Crippen LogP contribution in [0.15, 0.2) is 53.1 Å². The van der Waals surface area contributed by atoms with E-state index in [4.69, 9.17) is 9.26 Å². The first-order valence-corrected chi connectivity index (χ1v) is 7.81. The number of carbonyl (C=O) groups is 1. The van der Waals surface area contributed by atoms with Crippen molar-refractivity contribution in [3.63, 3.8) is 0 Å². The fourth-order valence-corrected chi connectivity index (χ4v) is 2.25. The summed E-state index contributed by atoms with van der Waals surface area (Å²) in [5.41, 5.74) is 2.82. The Labute approximate surface area is 140 Å². The Bertz CT molecular complexity index is 821. The van der Waals surface area contributed by atoms with Gasteiger partial charge in [0.15, 0.2) is 12.4 Å². The van der Waals surface area contributed by atoms with Crippen LogP contribution < -0.4 is 4.74 Å². The maximum absolute atomic E-state index is 11.2. The van der Waals surface area contributed by atoms with Crippen LogP contribution in [-0.2, 0) is 13.0 Å². The molecule has 0 spiro atoms. The van der Waals surface area contributed by atoms with Crippen LogP contribution in [0.3, 0.4) is 0 Å². The zero-order valence-electron chi connectivity index (χ0n) is 13.7. The number of aromatic nitrogens is 2. The van der Waals surface area contributed by atoms with Gasteiger partial charge in [-0.05, 0) is 43.2 Å². The van der Waals surface area contributed by atoms with E-state index in [-0.39, 0.29) is 12.4 Å². The largest absolute Gasteiger partial charge is 0.484 e. The van der Waals surface area contributed by atoms with E-state index in [1.54, 1.807) is 24.3 Å². The standard InChI is InChI=1S/C19H18N2O3/c1-3-14-4-6-16(7-5-14)19-20-18(24-21-19)12-23-17-10-8-15(9-11-17)13(2)22/h4-11H,3,12H2,1-2H3. The van der Waals surface area contributed by atoms with Crippen LogP contribution in [-0.4, -0.2) is 15.9 Å². The molecule has 2 aromatic carbocycles. The van der Waals surface area contributed by atoms with Gasteiger partial charge in [0.05, 0.1) is 0 Å². The number of aryl methyl sites for hydroxylation is 1. The molecule has 0 saturated carbocycles. The number of Topliss-reactive ketones (excluding diaryl/α,β-unsaturated/α-hetero) is 1. The number of ketones is 1. The third kappa shape index (κ3) is 3.68. The quantitative estimate of drug-likeness (QED) is 0.640. The van der Waals surface area contributed by atoms with Gasteiger partial charge in [-0.15, -0.1) is 0 Å². The van der Waals surface area contributed by atoms with Crippen LogP contribution in [0.5, 0.6) is 5.75 Å². The summed E-state index contributed by atoms with van der Waals surface area (Å²) in [5.74, 6) is 1.62. The number of hydrogen-bond acceptors (Lipinski definition) is 5. The van der Waals surface area contributed by atoms with Gasteiger partial charge in [0.2, 0.25) is 5.82 Å². The molecular formula is C19H18N2O3. The van der Waals surface area contributed by atoms with E-state index >= 15 is 0 Å². The molecule has 0 radical (unpaired) electrons. The third-order valence-electron chi connectivity index (χ3n) is 3.71. The van der Waals surface area contributed by atoms with Gasteiger partial charge in [-0.2, -0.15) is 4.98 Å². The molecule has 0 aliphatic heterocycles. The Morgan fingerprint density at radius 2 is 1.79 bits per heavy atom. The number of benzene rings is 2. The van der Waals surface area contributed by atoms with Crippen LogP contribution in [0.4, 0.5) is 0 Å². The first kappa shape index (κ1) is 15.9. The number of nitrogens with zero attached hydrogens (tertiary/aromatic N) is 2. The summed E-state index contributed by atoms with van der Waals surface area (Å²) < 4.78 is 10.8. The Balaban J connectivity index is 1.64. The lowest BCUT2D eigenvalue weighted by Gasteiger charge is -2.03. The minimum absolute atomic E-state index is 0.0252. The van der Waals surface area contributed by atoms with Gasteiger partial charge in [0, 0.05) is 11.1 Å². The highest BCUT2D eigenvalue weighted by atomic mass is 16.5. The van der Waals surface area contributed by atoms with Gasteiger partial charge in [-0.3, -0.25) is 4.79 Å². The SMILES string of the molecule is CCc1ccc(-c2noc(COc3ccc(C(C)=O)cc3)n2)cc1. The number of hydrogen-bond donors (Lipinski definition) is 0. The first-order valence-electron chi connectivity index (χ1n) is 7.81. The molecule has 0 bridgehead atoms. The van der Waals surface area contributed by atoms with E-state index in [9.17, 15) is 4.79 Å². The monoisotopic (exact) mass is 322 g/mol. The smallest absolute Gasteiger partial charge is 0.264 e. The van der Waals surface area contributed by atoms with Crippen molar-refractivity contribution in [1.82, 2.24) is 10.1 Å². The molecule has 1 heterocycles. The summed E-state index contributed by atoms with van der Waals surface area (Å²) >= 11 is 0. The van der Waals surface area contributed by atoms with E-state index in [1.165, 1.54) is 12.5 Å². The first-order chi connectivity index (χ1) is 11.7. The Morgan fingerprint density at radius 3 is 2.42 bits per heavy atom. The van der Waals surface area contributed by atoms with E-state index in [0.29, 0.717) is 23.0 Å². The van der Waals surface area contributed by atoms with E-state index in [1.807, 2.05) is 12.1 Å². The summed E-state index contributed by atoms with van der Waals surface area (Å²) in [4.78, 5) is 15.6. The zero-order chi connectivity index (χ0) is 16.9. The molecule has 5 nitrogen and oxygen atoms in total. The molecule has 0 saturated heterocycles. The molecular weight excluding hydrogens is 304 g/mol. The van der Waals surface area contributed by atoms with Crippen molar-refractivity contribution in [3.05, 3.63) is 65.5 Å². The van der Waals surface area contributed by atoms with Crippen molar-refractivity contribution in [3.8, 4) is 17.1 Å². The zero-order valence-corrected chi connectivity index (χ0v) is 13.7. The highest BCUT2D eigenvalue weighted by Crippen LogP contribution is 2.18. The topological polar surface area (TPSA) is 65.2 Å². The number of carbonyl (C=O) groups excluding carboxylic acids is 1. The van der Waals surface area contributed by atoms with Crippen LogP contribution in [0.2, 0.25) is 0 Å². The van der Waals surface area contributed by atoms with Crippen molar-refractivity contribution in [1.29, 1.82) is 0 Å². The van der Waals surface area contributed by atoms with Crippen molar-refractivity contribution in [2.24, 2.45) is 0 Å². The summed E-state index contributed by atoms with van der Waals surface area (Å²) in [5, 5.41) is 3.98. The van der Waals surface area contributed by atoms with Crippen LogP contribution in [0, 0.1) is 0 Å². The molecule has 5 heteroatoms. The van der Waals surface area contributed by atoms with Crippen molar-refractivity contribution >= 4 is 5.78 Å². The highest BCUT2D eigenvalue weighted by Gasteiger charge is 2.09. The molecule has 122 valence electrons. The second-order valence-corrected chi connectivity index (χ2v) is 5.43. The third-order valence-corrected chi connectivity index (χ3v) is 3.71. The predicted octanol–water partition coefficient (Wildman–Crippen LogP) is 4.08. The summed E-state index contributed by atoms with van der Waals surface area (Å²) in [6, 6.07) is 15.0. The molecule has 0 atom stereocenters. The second-order valence-electron chi connectivity index (χ2n) is 5.43. The molecule has 1 aromatic heterocycles. The number of ether oxygens (including phenoxy) is 1. The molecule has 3 aromatic rings. The summed E-state index contributed by atoms with van der Waals surface area (Å²) in [7, 11) is 0. The van der Waals surface area contributed by atoms with Gasteiger partial charge >= 0.3 is 0 Å². The maximum atomic E-state index is 11.2.